The van der Waals surface area contributed by atoms with Crippen LogP contribution in [0.5, 0.6) is 5.75 Å². The largest absolute Gasteiger partial charge is 0.491 e. The molecule has 0 radical (unpaired) electrons. The number of hydrogen-bond donors (Lipinski definition) is 1. The smallest absolute Gasteiger partial charge is 0.120 e. The molecule has 0 amide bonds. The Morgan fingerprint density at radius 3 is 2.37 bits per heavy atom. The van der Waals surface area contributed by atoms with Crippen molar-refractivity contribution < 1.29 is 4.74 Å². The lowest BCUT2D eigenvalue weighted by molar-refractivity contribution is 0.242. The van der Waals surface area contributed by atoms with E-state index in [0.717, 1.165) is 16.9 Å². The van der Waals surface area contributed by atoms with E-state index in [1.165, 1.54) is 5.56 Å². The molecule has 2 aromatic carbocycles. The minimum Gasteiger partial charge on any atom is -0.491 e. The highest BCUT2D eigenvalue weighted by Crippen LogP contribution is 2.29. The van der Waals surface area contributed by atoms with E-state index in [0.29, 0.717) is 0 Å². The van der Waals surface area contributed by atoms with E-state index in [1.807, 2.05) is 45.0 Å². The van der Waals surface area contributed by atoms with E-state index in [9.17, 15) is 0 Å². The Morgan fingerprint density at radius 2 is 1.68 bits per heavy atom. The summed E-state index contributed by atoms with van der Waals surface area (Å²) in [4.78, 5) is 0. The summed E-state index contributed by atoms with van der Waals surface area (Å²) in [7, 11) is 0. The van der Waals surface area contributed by atoms with E-state index in [-0.39, 0.29) is 12.1 Å². The van der Waals surface area contributed by atoms with Gasteiger partial charge >= 0.3 is 0 Å². The Kier molecular flexibility index (Phi) is 4.23. The van der Waals surface area contributed by atoms with Gasteiger partial charge in [0.1, 0.15) is 5.75 Å². The summed E-state index contributed by atoms with van der Waals surface area (Å²) in [5, 5.41) is 0. The molecule has 0 saturated heterocycles. The lowest BCUT2D eigenvalue weighted by Gasteiger charge is -2.15. The van der Waals surface area contributed by atoms with E-state index >= 15 is 0 Å². The first-order valence-electron chi connectivity index (χ1n) is 6.69. The Labute approximate surface area is 115 Å². The van der Waals surface area contributed by atoms with Gasteiger partial charge in [-0.3, -0.25) is 0 Å². The molecule has 0 aromatic heterocycles. The van der Waals surface area contributed by atoms with E-state index < -0.39 is 0 Å². The molecule has 1 atom stereocenters. The predicted octanol–water partition coefficient (Wildman–Crippen LogP) is 4.16. The molecule has 100 valence electrons. The second-order valence-corrected chi connectivity index (χ2v) is 5.07. The van der Waals surface area contributed by atoms with E-state index in [1.54, 1.807) is 0 Å². The van der Waals surface area contributed by atoms with Crippen LogP contribution in [0, 0.1) is 0 Å². The Balaban J connectivity index is 2.42. The summed E-state index contributed by atoms with van der Waals surface area (Å²) in [6.45, 7) is 6.07. The van der Waals surface area contributed by atoms with E-state index in [2.05, 4.69) is 24.3 Å². The van der Waals surface area contributed by atoms with Gasteiger partial charge < -0.3 is 10.5 Å². The van der Waals surface area contributed by atoms with Crippen LogP contribution in [0.1, 0.15) is 32.4 Å². The van der Waals surface area contributed by atoms with Gasteiger partial charge in [-0.15, -0.1) is 0 Å². The summed E-state index contributed by atoms with van der Waals surface area (Å²) in [5.74, 6) is 0.895. The van der Waals surface area contributed by atoms with Crippen LogP contribution in [0.3, 0.4) is 0 Å². The first kappa shape index (κ1) is 13.6. The average Bonchev–Trinajstić information content (AvgIpc) is 2.38. The molecule has 2 rings (SSSR count). The van der Waals surface area contributed by atoms with Gasteiger partial charge in [-0.2, -0.15) is 0 Å². The second-order valence-electron chi connectivity index (χ2n) is 5.07. The molecule has 0 aliphatic rings. The van der Waals surface area contributed by atoms with Crippen molar-refractivity contribution in [3.63, 3.8) is 0 Å². The maximum absolute atomic E-state index is 6.04. The third kappa shape index (κ3) is 3.36. The zero-order valence-electron chi connectivity index (χ0n) is 11.8. The van der Waals surface area contributed by atoms with Gasteiger partial charge in [0.2, 0.25) is 0 Å². The predicted molar refractivity (Wildman–Crippen MR) is 80.2 cm³/mol. The van der Waals surface area contributed by atoms with Gasteiger partial charge in [0, 0.05) is 6.04 Å². The van der Waals surface area contributed by atoms with Gasteiger partial charge in [0.05, 0.1) is 6.10 Å². The van der Waals surface area contributed by atoms with E-state index in [4.69, 9.17) is 10.5 Å². The quantitative estimate of drug-likeness (QED) is 0.890. The van der Waals surface area contributed by atoms with Crippen LogP contribution in [0.4, 0.5) is 0 Å². The fraction of sp³-hybridized carbons (Fsp3) is 0.294. The van der Waals surface area contributed by atoms with Crippen molar-refractivity contribution in [2.24, 2.45) is 5.73 Å². The summed E-state index contributed by atoms with van der Waals surface area (Å²) >= 11 is 0. The molecule has 0 spiro atoms. The molecular formula is C17H21NO. The van der Waals surface area contributed by atoms with Crippen molar-refractivity contribution in [3.05, 3.63) is 54.1 Å². The van der Waals surface area contributed by atoms with Crippen molar-refractivity contribution in [3.8, 4) is 16.9 Å². The van der Waals surface area contributed by atoms with Crippen LogP contribution in [-0.4, -0.2) is 6.10 Å². The van der Waals surface area contributed by atoms with Gasteiger partial charge in [-0.1, -0.05) is 36.4 Å². The summed E-state index contributed by atoms with van der Waals surface area (Å²) in [6, 6.07) is 16.4. The lowest BCUT2D eigenvalue weighted by atomic mass is 9.96. The van der Waals surface area contributed by atoms with Gasteiger partial charge in [0.25, 0.3) is 0 Å². The molecule has 2 nitrogen and oxygen atoms in total. The van der Waals surface area contributed by atoms with Crippen LogP contribution in [0.2, 0.25) is 0 Å². The molecule has 0 aliphatic carbocycles. The molecule has 1 unspecified atom stereocenters. The zero-order valence-corrected chi connectivity index (χ0v) is 11.8. The third-order valence-corrected chi connectivity index (χ3v) is 2.97. The standard InChI is InChI=1S/C17H21NO/c1-12(2)19-15-8-6-7-14(11-15)17-10-5-4-9-16(17)13(3)18/h4-13H,18H2,1-3H3. The van der Waals surface area contributed by atoms with Crippen LogP contribution < -0.4 is 10.5 Å². The first-order valence-corrected chi connectivity index (χ1v) is 6.69. The summed E-state index contributed by atoms with van der Waals surface area (Å²) in [6.07, 6.45) is 0.180. The molecule has 2 aromatic rings. The van der Waals surface area contributed by atoms with Crippen LogP contribution in [0.15, 0.2) is 48.5 Å². The fourth-order valence-corrected chi connectivity index (χ4v) is 2.17. The highest BCUT2D eigenvalue weighted by atomic mass is 16.5. The Hall–Kier alpha value is -1.80. The fourth-order valence-electron chi connectivity index (χ4n) is 2.17. The number of rotatable bonds is 4. The van der Waals surface area contributed by atoms with Gasteiger partial charge in [-0.05, 0) is 49.6 Å². The van der Waals surface area contributed by atoms with Gasteiger partial charge in [-0.25, -0.2) is 0 Å². The molecule has 2 N–H and O–H groups in total. The number of benzene rings is 2. The molecule has 0 bridgehead atoms. The minimum atomic E-state index is 0.0193. The molecule has 0 aliphatic heterocycles. The maximum atomic E-state index is 6.04. The highest BCUT2D eigenvalue weighted by Gasteiger charge is 2.09. The summed E-state index contributed by atoms with van der Waals surface area (Å²) < 4.78 is 5.75. The van der Waals surface area contributed by atoms with Crippen molar-refractivity contribution in [2.45, 2.75) is 32.9 Å². The lowest BCUT2D eigenvalue weighted by Crippen LogP contribution is -2.07. The normalized spacial score (nSPS) is 12.5. The first-order chi connectivity index (χ1) is 9.08. The summed E-state index contributed by atoms with van der Waals surface area (Å²) in [5.41, 5.74) is 9.51. The SMILES string of the molecule is CC(C)Oc1cccc(-c2ccccc2C(C)N)c1. The molecule has 0 fully saturated rings. The molecule has 19 heavy (non-hydrogen) atoms. The van der Waals surface area contributed by atoms with Crippen LogP contribution >= 0.6 is 0 Å². The second kappa shape index (κ2) is 5.89. The van der Waals surface area contributed by atoms with Crippen molar-refractivity contribution >= 4 is 0 Å². The van der Waals surface area contributed by atoms with Crippen LogP contribution in [-0.2, 0) is 0 Å². The maximum Gasteiger partial charge on any atom is 0.120 e. The van der Waals surface area contributed by atoms with Crippen LogP contribution in [0.25, 0.3) is 11.1 Å². The third-order valence-electron chi connectivity index (χ3n) is 2.97. The van der Waals surface area contributed by atoms with Crippen molar-refractivity contribution in [1.82, 2.24) is 0 Å². The highest BCUT2D eigenvalue weighted by molar-refractivity contribution is 5.69. The molecule has 0 heterocycles. The number of hydrogen-bond acceptors (Lipinski definition) is 2. The van der Waals surface area contributed by atoms with Crippen molar-refractivity contribution in [2.75, 3.05) is 0 Å². The topological polar surface area (TPSA) is 35.2 Å². The monoisotopic (exact) mass is 255 g/mol. The minimum absolute atomic E-state index is 0.0193. The average molecular weight is 255 g/mol. The van der Waals surface area contributed by atoms with Gasteiger partial charge in [0.15, 0.2) is 0 Å². The Bertz CT molecular complexity index is 546. The molecule has 2 heteroatoms. The molecule has 0 saturated carbocycles. The number of nitrogens with two attached hydrogens (primary N) is 1. The zero-order chi connectivity index (χ0) is 13.8. The molecular weight excluding hydrogens is 234 g/mol. The Morgan fingerprint density at radius 1 is 0.947 bits per heavy atom. The number of ether oxygens (including phenoxy) is 1. The van der Waals surface area contributed by atoms with Crippen molar-refractivity contribution in [1.29, 1.82) is 0 Å².